The largest absolute Gasteiger partial charge is 0.416 e. The highest BCUT2D eigenvalue weighted by atomic mass is 19.4. The summed E-state index contributed by atoms with van der Waals surface area (Å²) in [6, 6.07) is 2.37. The number of allylic oxidation sites excluding steroid dienone is 2. The number of rotatable bonds is 7. The molecule has 0 radical (unpaired) electrons. The number of nitro groups is 1. The lowest BCUT2D eigenvalue weighted by Crippen LogP contribution is -2.07. The molecule has 0 unspecified atom stereocenters. The molecule has 8 heteroatoms. The number of anilines is 1. The molecule has 0 amide bonds. The van der Waals surface area contributed by atoms with E-state index in [1.54, 1.807) is 0 Å². The van der Waals surface area contributed by atoms with Gasteiger partial charge < -0.3 is 0 Å². The first-order valence-electron chi connectivity index (χ1n) is 8.20. The molecule has 0 fully saturated rings. The van der Waals surface area contributed by atoms with Crippen molar-refractivity contribution in [2.75, 3.05) is 5.43 Å². The minimum atomic E-state index is -4.63. The second-order valence-corrected chi connectivity index (χ2v) is 5.88. The van der Waals surface area contributed by atoms with Crippen molar-refractivity contribution in [3.63, 3.8) is 0 Å². The summed E-state index contributed by atoms with van der Waals surface area (Å²) in [5.74, 6) is 0. The first kappa shape index (κ1) is 19.0. The number of alkyl halides is 3. The lowest BCUT2D eigenvalue weighted by Gasteiger charge is -2.09. The molecule has 1 aromatic rings. The van der Waals surface area contributed by atoms with Gasteiger partial charge in [0, 0.05) is 6.07 Å². The zero-order valence-corrected chi connectivity index (χ0v) is 13.9. The van der Waals surface area contributed by atoms with Gasteiger partial charge in [-0.3, -0.25) is 15.5 Å². The summed E-state index contributed by atoms with van der Waals surface area (Å²) in [5, 5.41) is 15.3. The van der Waals surface area contributed by atoms with E-state index >= 15 is 0 Å². The van der Waals surface area contributed by atoms with Crippen molar-refractivity contribution >= 4 is 17.1 Å². The molecular formula is C17H20F3N3O2. The molecule has 5 nitrogen and oxygen atoms in total. The lowest BCUT2D eigenvalue weighted by molar-refractivity contribution is -0.384. The van der Waals surface area contributed by atoms with E-state index in [0.717, 1.165) is 61.9 Å². The maximum absolute atomic E-state index is 12.7. The van der Waals surface area contributed by atoms with Crippen LogP contribution in [0.4, 0.5) is 24.5 Å². The minimum absolute atomic E-state index is 0.0506. The van der Waals surface area contributed by atoms with Crippen LogP contribution in [0.1, 0.15) is 51.0 Å². The van der Waals surface area contributed by atoms with Gasteiger partial charge in [0.25, 0.3) is 5.69 Å². The summed E-state index contributed by atoms with van der Waals surface area (Å²) in [5.41, 5.74) is 2.74. The van der Waals surface area contributed by atoms with E-state index in [0.29, 0.717) is 6.07 Å². The minimum Gasteiger partial charge on any atom is -0.271 e. The van der Waals surface area contributed by atoms with Gasteiger partial charge in [-0.05, 0) is 43.4 Å². The molecule has 0 aromatic heterocycles. The van der Waals surface area contributed by atoms with Crippen LogP contribution >= 0.6 is 0 Å². The number of halogens is 3. The van der Waals surface area contributed by atoms with Crippen molar-refractivity contribution in [1.82, 2.24) is 0 Å². The smallest absolute Gasteiger partial charge is 0.271 e. The predicted molar refractivity (Wildman–Crippen MR) is 90.6 cm³/mol. The normalized spacial score (nSPS) is 16.2. The number of hydrogen-bond donors (Lipinski definition) is 1. The molecule has 136 valence electrons. The predicted octanol–water partition coefficient (Wildman–Crippen LogP) is 5.68. The number of hydrazone groups is 1. The van der Waals surface area contributed by atoms with E-state index in [1.165, 1.54) is 0 Å². The van der Waals surface area contributed by atoms with Gasteiger partial charge in [-0.15, -0.1) is 0 Å². The fourth-order valence-corrected chi connectivity index (χ4v) is 2.68. The van der Waals surface area contributed by atoms with Crippen LogP contribution in [0.3, 0.4) is 0 Å². The first-order chi connectivity index (χ1) is 11.8. The topological polar surface area (TPSA) is 67.5 Å². The Balaban J connectivity index is 2.17. The summed E-state index contributed by atoms with van der Waals surface area (Å²) >= 11 is 0. The third-order valence-electron chi connectivity index (χ3n) is 4.03. The number of nitrogens with one attached hydrogen (secondary N) is 1. The van der Waals surface area contributed by atoms with Gasteiger partial charge in [-0.25, -0.2) is 0 Å². The van der Waals surface area contributed by atoms with Crippen LogP contribution in [0.2, 0.25) is 0 Å². The van der Waals surface area contributed by atoms with Crippen LogP contribution in [-0.2, 0) is 6.18 Å². The third kappa shape index (κ3) is 5.04. The Morgan fingerprint density at radius 3 is 2.72 bits per heavy atom. The molecule has 0 spiro atoms. The van der Waals surface area contributed by atoms with Crippen molar-refractivity contribution in [3.8, 4) is 0 Å². The highest BCUT2D eigenvalue weighted by Gasteiger charge is 2.33. The Bertz CT molecular complexity index is 697. The van der Waals surface area contributed by atoms with Crippen molar-refractivity contribution in [2.45, 2.75) is 51.6 Å². The fraction of sp³-hybridized carbons (Fsp3) is 0.471. The molecule has 0 aliphatic heterocycles. The van der Waals surface area contributed by atoms with E-state index in [4.69, 9.17) is 0 Å². The van der Waals surface area contributed by atoms with Crippen molar-refractivity contribution in [1.29, 1.82) is 0 Å². The van der Waals surface area contributed by atoms with Crippen molar-refractivity contribution in [2.24, 2.45) is 5.10 Å². The summed E-state index contributed by atoms with van der Waals surface area (Å²) in [6.45, 7) is 2.11. The second-order valence-electron chi connectivity index (χ2n) is 5.88. The molecule has 0 bridgehead atoms. The van der Waals surface area contributed by atoms with Crippen LogP contribution in [0.15, 0.2) is 34.9 Å². The number of unbranched alkanes of at least 4 members (excludes halogenated alkanes) is 2. The molecule has 25 heavy (non-hydrogen) atoms. The maximum Gasteiger partial charge on any atom is 0.416 e. The van der Waals surface area contributed by atoms with Crippen LogP contribution in [-0.4, -0.2) is 10.6 Å². The Morgan fingerprint density at radius 2 is 2.08 bits per heavy atom. The first-order valence-corrected chi connectivity index (χ1v) is 8.20. The van der Waals surface area contributed by atoms with E-state index in [9.17, 15) is 23.3 Å². The van der Waals surface area contributed by atoms with E-state index in [-0.39, 0.29) is 5.69 Å². The molecule has 1 aliphatic carbocycles. The van der Waals surface area contributed by atoms with Crippen molar-refractivity contribution < 1.29 is 18.1 Å². The van der Waals surface area contributed by atoms with Crippen LogP contribution in [0.25, 0.3) is 0 Å². The van der Waals surface area contributed by atoms with E-state index in [1.807, 2.05) is 0 Å². The maximum atomic E-state index is 12.7. The highest BCUT2D eigenvalue weighted by Crippen LogP contribution is 2.35. The monoisotopic (exact) mass is 355 g/mol. The third-order valence-corrected chi connectivity index (χ3v) is 4.03. The van der Waals surface area contributed by atoms with Crippen LogP contribution in [0.5, 0.6) is 0 Å². The molecule has 1 aromatic carbocycles. The van der Waals surface area contributed by atoms with Gasteiger partial charge in [0.15, 0.2) is 0 Å². The summed E-state index contributed by atoms with van der Waals surface area (Å²) in [6.07, 6.45) is 3.20. The van der Waals surface area contributed by atoms with Crippen LogP contribution < -0.4 is 5.43 Å². The molecule has 1 N–H and O–H groups in total. The van der Waals surface area contributed by atoms with Gasteiger partial charge in [0.2, 0.25) is 0 Å². The molecule has 0 saturated heterocycles. The highest BCUT2D eigenvalue weighted by molar-refractivity contribution is 6.02. The Hall–Kier alpha value is -2.38. The molecule has 2 rings (SSSR count). The average Bonchev–Trinajstić information content (AvgIpc) is 2.99. The summed E-state index contributed by atoms with van der Waals surface area (Å²) in [4.78, 5) is 10.2. The lowest BCUT2D eigenvalue weighted by atomic mass is 10.1. The molecule has 0 heterocycles. The fourth-order valence-electron chi connectivity index (χ4n) is 2.68. The summed E-state index contributed by atoms with van der Waals surface area (Å²) in [7, 11) is 0. The second kappa shape index (κ2) is 8.13. The zero-order valence-electron chi connectivity index (χ0n) is 13.9. The summed E-state index contributed by atoms with van der Waals surface area (Å²) < 4.78 is 38.1. The van der Waals surface area contributed by atoms with Gasteiger partial charge in [0.05, 0.1) is 16.2 Å². The Labute approximate surface area is 143 Å². The van der Waals surface area contributed by atoms with E-state index in [2.05, 4.69) is 23.5 Å². The van der Waals surface area contributed by atoms with Gasteiger partial charge >= 0.3 is 6.18 Å². The number of hydrogen-bond acceptors (Lipinski definition) is 4. The molecule has 0 atom stereocenters. The van der Waals surface area contributed by atoms with Crippen molar-refractivity contribution in [3.05, 3.63) is 45.5 Å². The van der Waals surface area contributed by atoms with Crippen LogP contribution in [0, 0.1) is 10.1 Å². The Morgan fingerprint density at radius 1 is 1.32 bits per heavy atom. The van der Waals surface area contributed by atoms with Gasteiger partial charge in [-0.2, -0.15) is 18.3 Å². The Kier molecular flexibility index (Phi) is 6.17. The number of nitrogens with zero attached hydrogens (tertiary/aromatic N) is 2. The van der Waals surface area contributed by atoms with E-state index < -0.39 is 22.4 Å². The average molecular weight is 355 g/mol. The van der Waals surface area contributed by atoms with Gasteiger partial charge in [0.1, 0.15) is 5.69 Å². The molecule has 1 aliphatic rings. The number of nitro benzene ring substituents is 1. The number of benzene rings is 1. The SMILES string of the molecule is CCCCCC1=CCC/C1=N/Nc1ccc(C(F)(F)F)cc1[N+](=O)[O-]. The standard InChI is InChI=1S/C17H20F3N3O2/c1-2-3-4-6-12-7-5-8-14(12)21-22-15-10-9-13(17(18,19)20)11-16(15)23(24)25/h7,9-11,22H,2-6,8H2,1H3/b21-14-. The quantitative estimate of drug-likeness (QED) is 0.388. The molecule has 0 saturated carbocycles. The zero-order chi connectivity index (χ0) is 18.4. The van der Waals surface area contributed by atoms with Gasteiger partial charge in [-0.1, -0.05) is 25.8 Å². The molecular weight excluding hydrogens is 335 g/mol.